The monoisotopic (exact) mass is 725 g/mol. The van der Waals surface area contributed by atoms with Crippen molar-refractivity contribution in [1.82, 2.24) is 25.4 Å². The van der Waals surface area contributed by atoms with E-state index in [2.05, 4.69) is 15.6 Å². The number of carbonyl (C=O) groups excluding carboxylic acids is 4. The third kappa shape index (κ3) is 9.47. The maximum Gasteiger partial charge on any atom is 0.410 e. The van der Waals surface area contributed by atoms with Crippen LogP contribution in [0.3, 0.4) is 0 Å². The van der Waals surface area contributed by atoms with Crippen LogP contribution >= 0.6 is 11.3 Å². The van der Waals surface area contributed by atoms with Gasteiger partial charge in [-0.05, 0) is 82.8 Å². The number of ether oxygens (including phenoxy) is 2. The fourth-order valence-electron chi connectivity index (χ4n) is 6.71. The summed E-state index contributed by atoms with van der Waals surface area (Å²) >= 11 is 1.58. The number of rotatable bonds is 10. The second-order valence-electron chi connectivity index (χ2n) is 16.5. The first-order valence-corrected chi connectivity index (χ1v) is 19.0. The van der Waals surface area contributed by atoms with Gasteiger partial charge in [-0.1, -0.05) is 45.0 Å². The van der Waals surface area contributed by atoms with Gasteiger partial charge in [0.05, 0.1) is 34.8 Å². The highest BCUT2D eigenvalue weighted by atomic mass is 32.1. The van der Waals surface area contributed by atoms with Crippen molar-refractivity contribution in [1.29, 1.82) is 0 Å². The first-order chi connectivity index (χ1) is 23.9. The van der Waals surface area contributed by atoms with Crippen molar-refractivity contribution < 1.29 is 33.8 Å². The summed E-state index contributed by atoms with van der Waals surface area (Å²) < 4.78 is 11.8. The number of benzene rings is 1. The molecule has 1 aromatic carbocycles. The van der Waals surface area contributed by atoms with Gasteiger partial charge in [-0.25, -0.2) is 9.78 Å². The van der Waals surface area contributed by atoms with Crippen LogP contribution in [0.15, 0.2) is 29.8 Å². The topological polar surface area (TPSA) is 150 Å². The molecule has 0 radical (unpaired) electrons. The number of carbonyl (C=O) groups is 4. The first kappa shape index (κ1) is 38.7. The zero-order valence-corrected chi connectivity index (χ0v) is 32.1. The number of amides is 4. The Labute approximate surface area is 305 Å². The van der Waals surface area contributed by atoms with E-state index in [9.17, 15) is 24.3 Å². The molecular formula is C38H55N5O7S. The van der Waals surface area contributed by atoms with Gasteiger partial charge in [0.2, 0.25) is 11.8 Å². The van der Waals surface area contributed by atoms with Gasteiger partial charge in [-0.15, -0.1) is 11.3 Å². The number of thiazole rings is 1. The highest BCUT2D eigenvalue weighted by Gasteiger charge is 2.54. The molecule has 3 heterocycles. The smallest absolute Gasteiger partial charge is 0.410 e. The molecule has 1 saturated carbocycles. The van der Waals surface area contributed by atoms with Crippen molar-refractivity contribution in [2.24, 2.45) is 11.3 Å². The van der Waals surface area contributed by atoms with E-state index in [0.717, 1.165) is 34.5 Å². The van der Waals surface area contributed by atoms with Crippen LogP contribution in [-0.2, 0) is 23.9 Å². The van der Waals surface area contributed by atoms with Gasteiger partial charge in [0.15, 0.2) is 0 Å². The lowest BCUT2D eigenvalue weighted by molar-refractivity contribution is -0.147. The molecular weight excluding hydrogens is 671 g/mol. The van der Waals surface area contributed by atoms with Crippen LogP contribution in [0.4, 0.5) is 4.79 Å². The molecule has 0 bridgehead atoms. The number of aliphatic hydroxyl groups excluding tert-OH is 1. The molecule has 5 rings (SSSR count). The molecule has 2 aromatic rings. The molecule has 0 unspecified atom stereocenters. The number of aliphatic hydroxyl groups is 1. The number of hydrogen-bond donors (Lipinski definition) is 3. The normalized spacial score (nSPS) is 21.9. The largest absolute Gasteiger partial charge is 0.444 e. The van der Waals surface area contributed by atoms with Crippen LogP contribution in [0.2, 0.25) is 0 Å². The Hall–Kier alpha value is -3.55. The van der Waals surface area contributed by atoms with E-state index in [-0.39, 0.29) is 42.8 Å². The Morgan fingerprint density at radius 1 is 1.04 bits per heavy atom. The molecule has 1 aliphatic carbocycles. The lowest BCUT2D eigenvalue weighted by Gasteiger charge is -2.36. The summed E-state index contributed by atoms with van der Waals surface area (Å²) in [5, 5.41) is 16.7. The molecule has 4 amide bonds. The average Bonchev–Trinajstić information content (AvgIpc) is 3.57. The van der Waals surface area contributed by atoms with E-state index >= 15 is 0 Å². The number of aryl methyl sites for hydroxylation is 1. The average molecular weight is 726 g/mol. The van der Waals surface area contributed by atoms with Crippen LogP contribution in [0.5, 0.6) is 0 Å². The van der Waals surface area contributed by atoms with Crippen LogP contribution in [-0.4, -0.2) is 99.3 Å². The summed E-state index contributed by atoms with van der Waals surface area (Å²) in [6, 6.07) is 5.81. The molecule has 0 spiro atoms. The van der Waals surface area contributed by atoms with Crippen LogP contribution in [0, 0.1) is 18.3 Å². The quantitative estimate of drug-likeness (QED) is 0.311. The number of hydrogen-bond acceptors (Lipinski definition) is 9. The summed E-state index contributed by atoms with van der Waals surface area (Å²) in [6.07, 6.45) is 1.53. The molecule has 12 nitrogen and oxygen atoms in total. The van der Waals surface area contributed by atoms with Crippen LogP contribution in [0.25, 0.3) is 10.4 Å². The molecule has 51 heavy (non-hydrogen) atoms. The second-order valence-corrected chi connectivity index (χ2v) is 17.4. The van der Waals surface area contributed by atoms with Crippen LogP contribution in [0.1, 0.15) is 97.9 Å². The number of β-amino-alcohol motifs (C(OH)–C–C–N with tert-alkyl or cyclic N) is 1. The highest BCUT2D eigenvalue weighted by molar-refractivity contribution is 7.13. The van der Waals surface area contributed by atoms with Crippen molar-refractivity contribution >= 4 is 35.2 Å². The second kappa shape index (κ2) is 15.2. The molecule has 3 fully saturated rings. The minimum absolute atomic E-state index is 0.000282. The fraction of sp³-hybridized carbons (Fsp3) is 0.658. The molecule has 3 N–H and O–H groups in total. The van der Waals surface area contributed by atoms with Crippen molar-refractivity contribution in [2.45, 2.75) is 123 Å². The van der Waals surface area contributed by atoms with Crippen molar-refractivity contribution in [3.63, 3.8) is 0 Å². The standard InChI is InChI=1S/C38H55N5O7S/c1-23(26-9-11-27(12-10-26)30-24(2)39-22-51-30)40-32(45)29-19-28(44)20-43(29)33(46)31(36(3,4)5)41-34(47)38(15-16-38)49-21-25-13-17-42(18-14-25)35(48)50-37(6,7)8/h9-12,22-23,25,28-29,31,44H,13-21H2,1-8H3,(H,40,45)(H,41,47)/t23-,28+,29-,31+/m0/s1. The van der Waals surface area contributed by atoms with E-state index in [1.165, 1.54) is 4.90 Å². The molecule has 2 aliphatic heterocycles. The maximum atomic E-state index is 14.2. The minimum Gasteiger partial charge on any atom is -0.444 e. The van der Waals surface area contributed by atoms with E-state index in [1.807, 2.05) is 85.2 Å². The number of aromatic nitrogens is 1. The van der Waals surface area contributed by atoms with Crippen molar-refractivity contribution in [2.75, 3.05) is 26.2 Å². The van der Waals surface area contributed by atoms with E-state index in [4.69, 9.17) is 9.47 Å². The van der Waals surface area contributed by atoms with Gasteiger partial charge < -0.3 is 35.0 Å². The zero-order valence-electron chi connectivity index (χ0n) is 31.3. The van der Waals surface area contributed by atoms with Crippen molar-refractivity contribution in [3.05, 3.63) is 41.0 Å². The Morgan fingerprint density at radius 3 is 2.24 bits per heavy atom. The molecule has 3 aliphatic rings. The van der Waals surface area contributed by atoms with Gasteiger partial charge in [-0.3, -0.25) is 14.4 Å². The number of nitrogens with zero attached hydrogens (tertiary/aromatic N) is 3. The van der Waals surface area contributed by atoms with E-state index in [0.29, 0.717) is 32.5 Å². The van der Waals surface area contributed by atoms with Gasteiger partial charge >= 0.3 is 6.09 Å². The highest BCUT2D eigenvalue weighted by Crippen LogP contribution is 2.41. The maximum absolute atomic E-state index is 14.2. The van der Waals surface area contributed by atoms with Crippen molar-refractivity contribution in [3.8, 4) is 10.4 Å². The summed E-state index contributed by atoms with van der Waals surface area (Å²) in [5.41, 5.74) is 2.52. The van der Waals surface area contributed by atoms with Gasteiger partial charge in [-0.2, -0.15) is 0 Å². The molecule has 1 aromatic heterocycles. The van der Waals surface area contributed by atoms with E-state index in [1.54, 1.807) is 16.2 Å². The minimum atomic E-state index is -1.00. The lowest BCUT2D eigenvalue weighted by Crippen LogP contribution is -2.59. The summed E-state index contributed by atoms with van der Waals surface area (Å²) in [7, 11) is 0. The summed E-state index contributed by atoms with van der Waals surface area (Å²) in [5.74, 6) is -0.904. The molecule has 4 atom stereocenters. The Morgan fingerprint density at radius 2 is 1.69 bits per heavy atom. The fourth-order valence-corrected chi connectivity index (χ4v) is 7.53. The summed E-state index contributed by atoms with van der Waals surface area (Å²) in [4.78, 5) is 62.6. The predicted molar refractivity (Wildman–Crippen MR) is 195 cm³/mol. The predicted octanol–water partition coefficient (Wildman–Crippen LogP) is 4.98. The Kier molecular flexibility index (Phi) is 11.5. The van der Waals surface area contributed by atoms with Crippen LogP contribution < -0.4 is 10.6 Å². The van der Waals surface area contributed by atoms with Gasteiger partial charge in [0, 0.05) is 26.1 Å². The molecule has 2 saturated heterocycles. The lowest BCUT2D eigenvalue weighted by atomic mass is 9.85. The number of piperidine rings is 1. The third-order valence-electron chi connectivity index (χ3n) is 10.0. The summed E-state index contributed by atoms with van der Waals surface area (Å²) in [6.45, 7) is 16.5. The zero-order chi connectivity index (χ0) is 37.3. The SMILES string of the molecule is Cc1ncsc1-c1ccc([C@H](C)NC(=O)[C@@H]2C[C@@H](O)CN2C(=O)[C@@H](NC(=O)C2(OCC3CCN(C(=O)OC(C)(C)C)CC3)CC2)C(C)(C)C)cc1. The Balaban J connectivity index is 1.17. The number of nitrogens with one attached hydrogen (secondary N) is 2. The van der Waals surface area contributed by atoms with E-state index < -0.39 is 40.7 Å². The third-order valence-corrected chi connectivity index (χ3v) is 11.0. The van der Waals surface area contributed by atoms with Gasteiger partial charge in [0.25, 0.3) is 5.91 Å². The Bertz CT molecular complexity index is 1570. The molecule has 13 heteroatoms. The first-order valence-electron chi connectivity index (χ1n) is 18.1. The molecule has 280 valence electrons. The van der Waals surface area contributed by atoms with Gasteiger partial charge in [0.1, 0.15) is 23.3 Å². The number of likely N-dealkylation sites (tertiary alicyclic amines) is 2.